The average Bonchev–Trinajstić information content (AvgIpc) is 3.56. The lowest BCUT2D eigenvalue weighted by atomic mass is 9.96. The Morgan fingerprint density at radius 1 is 0.275 bits per heavy atom. The van der Waals surface area contributed by atoms with E-state index >= 15 is 0 Å². The first-order valence-corrected chi connectivity index (χ1v) is 13.8. The summed E-state index contributed by atoms with van der Waals surface area (Å²) in [5.41, 5.74) is 7.28. The van der Waals surface area contributed by atoms with Crippen LogP contribution in [0.4, 0.5) is 0 Å². The monoisotopic (exact) mass is 508 g/mol. The topological polar surface area (TPSA) is 9.86 Å². The van der Waals surface area contributed by atoms with Gasteiger partial charge in [0, 0.05) is 38.3 Å². The molecule has 9 aromatic rings. The van der Waals surface area contributed by atoms with Gasteiger partial charge in [0.05, 0.1) is 22.1 Å². The van der Waals surface area contributed by atoms with Gasteiger partial charge in [-0.1, -0.05) is 115 Å². The number of rotatable bonds is 2. The second-order valence-corrected chi connectivity index (χ2v) is 10.5. The van der Waals surface area contributed by atoms with Gasteiger partial charge < -0.3 is 9.13 Å². The summed E-state index contributed by atoms with van der Waals surface area (Å²) in [6.45, 7) is 0. The molecule has 0 fully saturated rings. The minimum Gasteiger partial charge on any atom is -0.307 e. The molecule has 186 valence electrons. The molecule has 0 aliphatic rings. The van der Waals surface area contributed by atoms with E-state index in [0.29, 0.717) is 0 Å². The largest absolute Gasteiger partial charge is 0.307 e. The minimum atomic E-state index is 1.17. The van der Waals surface area contributed by atoms with Gasteiger partial charge in [0.2, 0.25) is 0 Å². The van der Waals surface area contributed by atoms with Gasteiger partial charge in [-0.3, -0.25) is 0 Å². The van der Waals surface area contributed by atoms with Gasteiger partial charge in [-0.25, -0.2) is 0 Å². The van der Waals surface area contributed by atoms with Crippen LogP contribution in [-0.2, 0) is 0 Å². The summed E-state index contributed by atoms with van der Waals surface area (Å²) in [5.74, 6) is 0. The van der Waals surface area contributed by atoms with Gasteiger partial charge >= 0.3 is 0 Å². The fourth-order valence-electron chi connectivity index (χ4n) is 6.89. The van der Waals surface area contributed by atoms with Gasteiger partial charge in [-0.15, -0.1) is 0 Å². The Hall–Kier alpha value is -5.34. The van der Waals surface area contributed by atoms with Crippen LogP contribution in [0.15, 0.2) is 146 Å². The molecule has 0 bridgehead atoms. The van der Waals surface area contributed by atoms with Crippen molar-refractivity contribution in [2.45, 2.75) is 0 Å². The van der Waals surface area contributed by atoms with Crippen LogP contribution in [0.5, 0.6) is 0 Å². The second-order valence-electron chi connectivity index (χ2n) is 10.5. The average molecular weight is 509 g/mol. The maximum atomic E-state index is 2.51. The molecule has 0 aliphatic carbocycles. The molecular weight excluding hydrogens is 484 g/mol. The molecule has 0 aliphatic heterocycles. The van der Waals surface area contributed by atoms with E-state index in [4.69, 9.17) is 0 Å². The van der Waals surface area contributed by atoms with E-state index in [1.165, 1.54) is 76.5 Å². The van der Waals surface area contributed by atoms with E-state index in [2.05, 4.69) is 155 Å². The maximum Gasteiger partial charge on any atom is 0.0789 e. The van der Waals surface area contributed by atoms with E-state index in [1.54, 1.807) is 0 Å². The van der Waals surface area contributed by atoms with Crippen molar-refractivity contribution >= 4 is 65.2 Å². The molecule has 2 aromatic heterocycles. The third-order valence-corrected chi connectivity index (χ3v) is 8.46. The molecular formula is C38H24N2. The van der Waals surface area contributed by atoms with Crippen molar-refractivity contribution in [3.8, 4) is 11.4 Å². The van der Waals surface area contributed by atoms with Crippen molar-refractivity contribution in [1.29, 1.82) is 0 Å². The molecule has 0 N–H and O–H groups in total. The predicted molar refractivity (Wildman–Crippen MR) is 170 cm³/mol. The number of hydrogen-bond acceptors (Lipinski definition) is 0. The van der Waals surface area contributed by atoms with Crippen molar-refractivity contribution in [3.05, 3.63) is 146 Å². The Kier molecular flexibility index (Phi) is 4.36. The Morgan fingerprint density at radius 2 is 0.725 bits per heavy atom. The highest BCUT2D eigenvalue weighted by Gasteiger charge is 2.23. The molecule has 7 aromatic carbocycles. The molecule has 2 heteroatoms. The van der Waals surface area contributed by atoms with Crippen LogP contribution in [0.1, 0.15) is 0 Å². The van der Waals surface area contributed by atoms with Crippen LogP contribution in [0.2, 0.25) is 0 Å². The highest BCUT2D eigenvalue weighted by Crippen LogP contribution is 2.46. The minimum absolute atomic E-state index is 1.17. The van der Waals surface area contributed by atoms with Crippen LogP contribution in [-0.4, -0.2) is 9.13 Å². The summed E-state index contributed by atoms with van der Waals surface area (Å²) in [6.07, 6.45) is 0. The highest BCUT2D eigenvalue weighted by atomic mass is 15.0. The first-order valence-electron chi connectivity index (χ1n) is 13.8. The Morgan fingerprint density at radius 3 is 1.43 bits per heavy atom. The third-order valence-electron chi connectivity index (χ3n) is 8.46. The molecule has 2 heterocycles. The van der Waals surface area contributed by atoms with Crippen LogP contribution in [0, 0.1) is 0 Å². The molecule has 0 spiro atoms. The summed E-state index contributed by atoms with van der Waals surface area (Å²) in [6, 6.07) is 52.8. The SMILES string of the molecule is c1ccc(-n2c3ccccc3c3ccc4c5c6ccccc6c6ccccc6c5n(-c5ccccc5)c4c32)cc1. The lowest BCUT2D eigenvalue weighted by molar-refractivity contribution is 1.15. The van der Waals surface area contributed by atoms with E-state index in [9.17, 15) is 0 Å². The zero-order valence-electron chi connectivity index (χ0n) is 21.8. The molecule has 0 amide bonds. The molecule has 0 saturated heterocycles. The summed E-state index contributed by atoms with van der Waals surface area (Å²) in [5, 5.41) is 10.2. The third kappa shape index (κ3) is 2.77. The fraction of sp³-hybridized carbons (Fsp3) is 0. The smallest absolute Gasteiger partial charge is 0.0789 e. The highest BCUT2D eigenvalue weighted by molar-refractivity contribution is 6.35. The maximum absolute atomic E-state index is 2.51. The quantitative estimate of drug-likeness (QED) is 0.206. The van der Waals surface area contributed by atoms with Gasteiger partial charge in [-0.05, 0) is 46.5 Å². The lowest BCUT2D eigenvalue weighted by Crippen LogP contribution is -1.98. The molecule has 9 rings (SSSR count). The van der Waals surface area contributed by atoms with Gasteiger partial charge in [0.25, 0.3) is 0 Å². The van der Waals surface area contributed by atoms with Crippen molar-refractivity contribution in [3.63, 3.8) is 0 Å². The van der Waals surface area contributed by atoms with Crippen LogP contribution < -0.4 is 0 Å². The van der Waals surface area contributed by atoms with Crippen LogP contribution >= 0.6 is 0 Å². The van der Waals surface area contributed by atoms with E-state index in [1.807, 2.05) is 0 Å². The van der Waals surface area contributed by atoms with Crippen molar-refractivity contribution < 1.29 is 0 Å². The number of hydrogen-bond donors (Lipinski definition) is 0. The van der Waals surface area contributed by atoms with E-state index in [0.717, 1.165) is 0 Å². The number of para-hydroxylation sites is 3. The standard InChI is InChI=1S/C38H24N2/c1-3-13-25(14-4-1)39-34-22-12-11-19-29(34)32-23-24-33-35-30-20-9-7-17-27(30)28-18-8-10-21-31(28)36(35)40(38(33)37(32)39)26-15-5-2-6-16-26/h1-24H. The number of fused-ring (bicyclic) bond motifs is 12. The second kappa shape index (κ2) is 8.08. The number of nitrogens with zero attached hydrogens (tertiary/aromatic N) is 2. The summed E-state index contributed by atoms with van der Waals surface area (Å²) < 4.78 is 4.97. The van der Waals surface area contributed by atoms with Crippen LogP contribution in [0.25, 0.3) is 76.5 Å². The van der Waals surface area contributed by atoms with Gasteiger partial charge in [0.15, 0.2) is 0 Å². The predicted octanol–water partition coefficient (Wildman–Crippen LogP) is 10.2. The molecule has 40 heavy (non-hydrogen) atoms. The number of benzene rings is 7. The molecule has 0 radical (unpaired) electrons. The van der Waals surface area contributed by atoms with Crippen LogP contribution in [0.3, 0.4) is 0 Å². The lowest BCUT2D eigenvalue weighted by Gasteiger charge is -2.13. The Bertz CT molecular complexity index is 2410. The molecule has 0 saturated carbocycles. The zero-order chi connectivity index (χ0) is 26.2. The fourth-order valence-corrected chi connectivity index (χ4v) is 6.89. The molecule has 2 nitrogen and oxygen atoms in total. The number of aromatic nitrogens is 2. The van der Waals surface area contributed by atoms with Crippen molar-refractivity contribution in [2.24, 2.45) is 0 Å². The summed E-state index contributed by atoms with van der Waals surface area (Å²) >= 11 is 0. The van der Waals surface area contributed by atoms with Crippen molar-refractivity contribution in [1.82, 2.24) is 9.13 Å². The molecule has 0 unspecified atom stereocenters. The Labute approximate surface area is 230 Å². The summed E-state index contributed by atoms with van der Waals surface area (Å²) in [4.78, 5) is 0. The zero-order valence-corrected chi connectivity index (χ0v) is 21.8. The first-order chi connectivity index (χ1) is 19.9. The van der Waals surface area contributed by atoms with Crippen molar-refractivity contribution in [2.75, 3.05) is 0 Å². The Balaban J connectivity index is 1.66. The van der Waals surface area contributed by atoms with Gasteiger partial charge in [-0.2, -0.15) is 0 Å². The normalized spacial score (nSPS) is 12.0. The van der Waals surface area contributed by atoms with Gasteiger partial charge in [0.1, 0.15) is 0 Å². The van der Waals surface area contributed by atoms with E-state index in [-0.39, 0.29) is 0 Å². The first kappa shape index (κ1) is 21.6. The summed E-state index contributed by atoms with van der Waals surface area (Å²) in [7, 11) is 0. The van der Waals surface area contributed by atoms with E-state index < -0.39 is 0 Å². The molecule has 0 atom stereocenters.